The molecule has 0 saturated carbocycles. The zero-order chi connectivity index (χ0) is 23.2. The molecule has 4 rings (SSSR count). The number of rotatable bonds is 7. The molecule has 0 unspecified atom stereocenters. The molecule has 172 valence electrons. The number of carbonyl (C=O) groups excluding carboxylic acids is 3. The van der Waals surface area contributed by atoms with Gasteiger partial charge in [0.2, 0.25) is 11.8 Å². The average Bonchev–Trinajstić information content (AvgIpc) is 3.51. The van der Waals surface area contributed by atoms with E-state index in [2.05, 4.69) is 10.3 Å². The van der Waals surface area contributed by atoms with Crippen LogP contribution in [0.15, 0.2) is 56.8 Å². The number of hydrogen-bond acceptors (Lipinski definition) is 7. The molecule has 1 aliphatic heterocycles. The molecular weight excluding hydrogens is 467 g/mol. The molecule has 3 aromatic rings. The second-order valence-electron chi connectivity index (χ2n) is 7.28. The fourth-order valence-corrected chi connectivity index (χ4v) is 4.92. The summed E-state index contributed by atoms with van der Waals surface area (Å²) in [5, 5.41) is 4.51. The summed E-state index contributed by atoms with van der Waals surface area (Å²) in [6.07, 6.45) is 1.64. The first kappa shape index (κ1) is 23.0. The molecule has 1 aliphatic rings. The predicted molar refractivity (Wildman–Crippen MR) is 123 cm³/mol. The normalized spacial score (nSPS) is 13.7. The first-order chi connectivity index (χ1) is 16.0. The smallest absolute Gasteiger partial charge is 0.289 e. The van der Waals surface area contributed by atoms with Gasteiger partial charge in [0.25, 0.3) is 5.91 Å². The maximum Gasteiger partial charge on any atom is 0.289 e. The van der Waals surface area contributed by atoms with Gasteiger partial charge in [-0.1, -0.05) is 11.8 Å². The predicted octanol–water partition coefficient (Wildman–Crippen LogP) is 3.13. The molecule has 3 amide bonds. The highest BCUT2D eigenvalue weighted by Gasteiger charge is 2.26. The first-order valence-corrected chi connectivity index (χ1v) is 12.1. The van der Waals surface area contributed by atoms with Gasteiger partial charge in [-0.15, -0.1) is 11.3 Å². The standard InChI is InChI=1S/C22H21FN4O4S2/c23-15-3-5-16(6-4-15)24-19(28)14-33-22-25-17(13-32-22)12-20(29)26-7-9-27(10-8-26)21(30)18-2-1-11-31-18/h1-6,11,13H,7-10,12,14H2,(H,24,28). The van der Waals surface area contributed by atoms with Gasteiger partial charge in [0.05, 0.1) is 24.1 Å². The molecule has 0 radical (unpaired) electrons. The minimum absolute atomic E-state index is 0.0454. The van der Waals surface area contributed by atoms with E-state index >= 15 is 0 Å². The number of aromatic nitrogens is 1. The highest BCUT2D eigenvalue weighted by Crippen LogP contribution is 2.23. The number of hydrogen-bond donors (Lipinski definition) is 1. The molecule has 33 heavy (non-hydrogen) atoms. The van der Waals surface area contributed by atoms with Gasteiger partial charge in [0.1, 0.15) is 5.82 Å². The van der Waals surface area contributed by atoms with E-state index in [1.54, 1.807) is 21.9 Å². The Bertz CT molecular complexity index is 1110. The van der Waals surface area contributed by atoms with Gasteiger partial charge in [-0.2, -0.15) is 0 Å². The third kappa shape index (κ3) is 6.20. The van der Waals surface area contributed by atoms with E-state index in [-0.39, 0.29) is 35.7 Å². The number of nitrogens with one attached hydrogen (secondary N) is 1. The second kappa shape index (κ2) is 10.6. The number of amides is 3. The maximum absolute atomic E-state index is 12.9. The van der Waals surface area contributed by atoms with Crippen molar-refractivity contribution in [2.75, 3.05) is 37.2 Å². The molecule has 0 aliphatic carbocycles. The van der Waals surface area contributed by atoms with Crippen molar-refractivity contribution < 1.29 is 23.2 Å². The highest BCUT2D eigenvalue weighted by atomic mass is 32.2. The first-order valence-electron chi connectivity index (χ1n) is 10.2. The average molecular weight is 489 g/mol. The molecule has 3 heterocycles. The van der Waals surface area contributed by atoms with Crippen molar-refractivity contribution in [2.45, 2.75) is 10.8 Å². The SMILES string of the molecule is O=C(CSc1nc(CC(=O)N2CCN(C(=O)c3ccco3)CC2)cs1)Nc1ccc(F)cc1. The van der Waals surface area contributed by atoms with Gasteiger partial charge in [-0.3, -0.25) is 14.4 Å². The van der Waals surface area contributed by atoms with E-state index in [1.165, 1.54) is 53.6 Å². The van der Waals surface area contributed by atoms with Crippen LogP contribution in [0.3, 0.4) is 0 Å². The molecule has 1 N–H and O–H groups in total. The summed E-state index contributed by atoms with van der Waals surface area (Å²) in [6.45, 7) is 1.82. The lowest BCUT2D eigenvalue weighted by molar-refractivity contribution is -0.132. The van der Waals surface area contributed by atoms with Gasteiger partial charge in [0, 0.05) is 37.2 Å². The number of halogens is 1. The van der Waals surface area contributed by atoms with E-state index < -0.39 is 0 Å². The fourth-order valence-electron chi connectivity index (χ4n) is 3.28. The third-order valence-electron chi connectivity index (χ3n) is 4.97. The Morgan fingerprint density at radius 3 is 2.52 bits per heavy atom. The number of thiazole rings is 1. The monoisotopic (exact) mass is 488 g/mol. The summed E-state index contributed by atoms with van der Waals surface area (Å²) in [4.78, 5) is 44.9. The summed E-state index contributed by atoms with van der Waals surface area (Å²) < 4.78 is 18.8. The molecule has 8 nitrogen and oxygen atoms in total. The van der Waals surface area contributed by atoms with Crippen molar-refractivity contribution >= 4 is 46.5 Å². The number of thioether (sulfide) groups is 1. The van der Waals surface area contributed by atoms with Gasteiger partial charge < -0.3 is 19.5 Å². The maximum atomic E-state index is 12.9. The van der Waals surface area contributed by atoms with Crippen molar-refractivity contribution in [2.24, 2.45) is 0 Å². The van der Waals surface area contributed by atoms with E-state index in [0.29, 0.717) is 47.7 Å². The van der Waals surface area contributed by atoms with Crippen LogP contribution in [0.4, 0.5) is 10.1 Å². The lowest BCUT2D eigenvalue weighted by Gasteiger charge is -2.34. The van der Waals surface area contributed by atoms with Crippen LogP contribution in [-0.2, 0) is 16.0 Å². The summed E-state index contributed by atoms with van der Waals surface area (Å²) in [5.41, 5.74) is 1.18. The van der Waals surface area contributed by atoms with Gasteiger partial charge in [-0.05, 0) is 36.4 Å². The van der Waals surface area contributed by atoms with Gasteiger partial charge in [0.15, 0.2) is 10.1 Å². The Morgan fingerprint density at radius 1 is 1.09 bits per heavy atom. The van der Waals surface area contributed by atoms with Crippen molar-refractivity contribution in [1.29, 1.82) is 0 Å². The minimum Gasteiger partial charge on any atom is -0.459 e. The Hall–Kier alpha value is -3.18. The number of benzene rings is 1. The number of piperazine rings is 1. The Labute approximate surface area is 197 Å². The highest BCUT2D eigenvalue weighted by molar-refractivity contribution is 8.01. The number of carbonyl (C=O) groups is 3. The Kier molecular flexibility index (Phi) is 7.40. The van der Waals surface area contributed by atoms with Crippen LogP contribution in [0.1, 0.15) is 16.2 Å². The van der Waals surface area contributed by atoms with Crippen molar-refractivity contribution in [1.82, 2.24) is 14.8 Å². The summed E-state index contributed by atoms with van der Waals surface area (Å²) in [5.74, 6) is -0.344. The second-order valence-corrected chi connectivity index (χ2v) is 9.36. The van der Waals surface area contributed by atoms with Crippen LogP contribution < -0.4 is 5.32 Å². The summed E-state index contributed by atoms with van der Waals surface area (Å²) in [6, 6.07) is 8.86. The molecule has 0 bridgehead atoms. The minimum atomic E-state index is -0.364. The van der Waals surface area contributed by atoms with Crippen LogP contribution >= 0.6 is 23.1 Å². The molecule has 2 aromatic heterocycles. The number of furan rings is 1. The van der Waals surface area contributed by atoms with Crippen LogP contribution in [0.25, 0.3) is 0 Å². The van der Waals surface area contributed by atoms with Gasteiger partial charge in [-0.25, -0.2) is 9.37 Å². The van der Waals surface area contributed by atoms with E-state index in [1.807, 2.05) is 5.38 Å². The molecule has 11 heteroatoms. The van der Waals surface area contributed by atoms with Crippen LogP contribution in [0, 0.1) is 5.82 Å². The van der Waals surface area contributed by atoms with Crippen LogP contribution in [-0.4, -0.2) is 64.4 Å². The summed E-state index contributed by atoms with van der Waals surface area (Å²) >= 11 is 2.66. The van der Waals surface area contributed by atoms with Crippen molar-refractivity contribution in [3.05, 3.63) is 65.3 Å². The largest absolute Gasteiger partial charge is 0.459 e. The lowest BCUT2D eigenvalue weighted by atomic mass is 10.2. The van der Waals surface area contributed by atoms with Gasteiger partial charge >= 0.3 is 0 Å². The van der Waals surface area contributed by atoms with Crippen LogP contribution in [0.5, 0.6) is 0 Å². The Morgan fingerprint density at radius 2 is 1.82 bits per heavy atom. The number of anilines is 1. The molecule has 1 saturated heterocycles. The zero-order valence-corrected chi connectivity index (χ0v) is 19.2. The Balaban J connectivity index is 1.20. The molecule has 1 fully saturated rings. The van der Waals surface area contributed by atoms with E-state index in [4.69, 9.17) is 4.42 Å². The van der Waals surface area contributed by atoms with E-state index in [0.717, 1.165) is 0 Å². The molecule has 1 aromatic carbocycles. The molecule has 0 spiro atoms. The third-order valence-corrected chi connectivity index (χ3v) is 7.04. The number of nitrogens with zero attached hydrogens (tertiary/aromatic N) is 3. The summed E-state index contributed by atoms with van der Waals surface area (Å²) in [7, 11) is 0. The topological polar surface area (TPSA) is 95.8 Å². The van der Waals surface area contributed by atoms with Crippen molar-refractivity contribution in [3.8, 4) is 0 Å². The molecule has 0 atom stereocenters. The molecular formula is C22H21FN4O4S2. The van der Waals surface area contributed by atoms with Crippen molar-refractivity contribution in [3.63, 3.8) is 0 Å². The lowest BCUT2D eigenvalue weighted by Crippen LogP contribution is -2.50. The fraction of sp³-hybridized carbons (Fsp3) is 0.273. The quantitative estimate of drug-likeness (QED) is 0.514. The van der Waals surface area contributed by atoms with Crippen LogP contribution in [0.2, 0.25) is 0 Å². The van der Waals surface area contributed by atoms with E-state index in [9.17, 15) is 18.8 Å². The zero-order valence-electron chi connectivity index (χ0n) is 17.5.